The molecule has 0 spiro atoms. The lowest BCUT2D eigenvalue weighted by molar-refractivity contribution is 0.0599. The van der Waals surface area contributed by atoms with Crippen LogP contribution in [0.5, 0.6) is 0 Å². The van der Waals surface area contributed by atoms with Crippen molar-refractivity contribution in [2.45, 2.75) is 19.4 Å². The van der Waals surface area contributed by atoms with Crippen LogP contribution in [-0.2, 0) is 4.74 Å². The zero-order valence-corrected chi connectivity index (χ0v) is 12.7. The summed E-state index contributed by atoms with van der Waals surface area (Å²) >= 11 is 3.37. The molecule has 6 heteroatoms. The Balaban J connectivity index is 2.35. The number of urea groups is 1. The topological polar surface area (TPSA) is 70.6 Å². The van der Waals surface area contributed by atoms with Gasteiger partial charge in [0.2, 0.25) is 0 Å². The fraction of sp³-hybridized carbons (Fsp3) is 0.462. The lowest BCUT2D eigenvalue weighted by atomic mass is 10.2. The first-order chi connectivity index (χ1) is 9.02. The first-order valence-corrected chi connectivity index (χ1v) is 6.80. The van der Waals surface area contributed by atoms with Gasteiger partial charge in [-0.25, -0.2) is 4.79 Å². The van der Waals surface area contributed by atoms with Gasteiger partial charge in [0, 0.05) is 23.8 Å². The van der Waals surface area contributed by atoms with Crippen LogP contribution < -0.4 is 10.6 Å². The van der Waals surface area contributed by atoms with E-state index in [9.17, 15) is 9.90 Å². The van der Waals surface area contributed by atoms with Gasteiger partial charge in [-0.2, -0.15) is 0 Å². The third-order valence-electron chi connectivity index (χ3n) is 2.56. The van der Waals surface area contributed by atoms with Crippen LogP contribution in [0, 0.1) is 6.92 Å². The van der Waals surface area contributed by atoms with Gasteiger partial charge in [0.25, 0.3) is 0 Å². The molecule has 3 N–H and O–H groups in total. The zero-order valence-electron chi connectivity index (χ0n) is 11.1. The van der Waals surface area contributed by atoms with E-state index in [1.54, 1.807) is 0 Å². The second-order valence-electron chi connectivity index (χ2n) is 4.24. The Hall–Kier alpha value is -1.11. The number of aryl methyl sites for hydroxylation is 1. The normalized spacial score (nSPS) is 12.0. The number of amides is 2. The molecule has 0 aromatic heterocycles. The van der Waals surface area contributed by atoms with E-state index < -0.39 is 6.10 Å². The first-order valence-electron chi connectivity index (χ1n) is 6.01. The van der Waals surface area contributed by atoms with E-state index in [1.165, 1.54) is 7.11 Å². The summed E-state index contributed by atoms with van der Waals surface area (Å²) in [4.78, 5) is 11.6. The maximum Gasteiger partial charge on any atom is 0.319 e. The number of halogens is 1. The molecule has 0 heterocycles. The molecule has 1 rings (SSSR count). The fourth-order valence-corrected chi connectivity index (χ4v) is 2.04. The second kappa shape index (κ2) is 8.14. The summed E-state index contributed by atoms with van der Waals surface area (Å²) in [6.45, 7) is 2.59. The summed E-state index contributed by atoms with van der Waals surface area (Å²) in [6, 6.07) is 5.34. The van der Waals surface area contributed by atoms with Gasteiger partial charge < -0.3 is 20.5 Å². The van der Waals surface area contributed by atoms with Gasteiger partial charge in [-0.15, -0.1) is 0 Å². The summed E-state index contributed by atoms with van der Waals surface area (Å²) in [6.07, 6.45) is -0.0969. The number of ether oxygens (including phenoxy) is 1. The highest BCUT2D eigenvalue weighted by Gasteiger charge is 2.06. The van der Waals surface area contributed by atoms with E-state index in [2.05, 4.69) is 26.6 Å². The molecule has 2 amide bonds. The van der Waals surface area contributed by atoms with Crippen molar-refractivity contribution in [1.29, 1.82) is 0 Å². The van der Waals surface area contributed by atoms with Gasteiger partial charge in [0.05, 0.1) is 12.7 Å². The van der Waals surface area contributed by atoms with Crippen LogP contribution in [-0.4, -0.2) is 37.5 Å². The van der Waals surface area contributed by atoms with Gasteiger partial charge in [-0.3, -0.25) is 0 Å². The molecule has 0 saturated heterocycles. The number of benzene rings is 1. The number of rotatable bonds is 6. The molecule has 0 aliphatic heterocycles. The minimum Gasteiger partial charge on any atom is -0.391 e. The molecule has 1 unspecified atom stereocenters. The molecule has 19 heavy (non-hydrogen) atoms. The molecule has 5 nitrogen and oxygen atoms in total. The molecular formula is C13H19BrN2O3. The largest absolute Gasteiger partial charge is 0.391 e. The number of hydrogen-bond donors (Lipinski definition) is 3. The number of nitrogens with one attached hydrogen (secondary N) is 2. The Morgan fingerprint density at radius 1 is 1.53 bits per heavy atom. The highest BCUT2D eigenvalue weighted by Crippen LogP contribution is 2.19. The zero-order chi connectivity index (χ0) is 14.3. The number of methoxy groups -OCH3 is 1. The van der Waals surface area contributed by atoms with Crippen molar-refractivity contribution in [2.75, 3.05) is 25.6 Å². The molecule has 0 fully saturated rings. The Kier molecular flexibility index (Phi) is 6.83. The lowest BCUT2D eigenvalue weighted by Crippen LogP contribution is -2.32. The molecule has 1 aromatic rings. The Bertz CT molecular complexity index is 426. The number of anilines is 1. The van der Waals surface area contributed by atoms with Crippen molar-refractivity contribution in [1.82, 2.24) is 5.32 Å². The highest BCUT2D eigenvalue weighted by molar-refractivity contribution is 9.10. The fourth-order valence-electron chi connectivity index (χ4n) is 1.56. The van der Waals surface area contributed by atoms with Crippen molar-refractivity contribution < 1.29 is 14.6 Å². The van der Waals surface area contributed by atoms with Crippen LogP contribution in [0.2, 0.25) is 0 Å². The van der Waals surface area contributed by atoms with E-state index in [0.29, 0.717) is 13.0 Å². The Morgan fingerprint density at radius 2 is 2.26 bits per heavy atom. The summed E-state index contributed by atoms with van der Waals surface area (Å²) in [7, 11) is 1.53. The average Bonchev–Trinajstić information content (AvgIpc) is 2.33. The van der Waals surface area contributed by atoms with Gasteiger partial charge in [0.15, 0.2) is 0 Å². The van der Waals surface area contributed by atoms with E-state index >= 15 is 0 Å². The predicted octanol–water partition coefficient (Wildman–Crippen LogP) is 2.28. The number of hydrogen-bond acceptors (Lipinski definition) is 3. The molecular weight excluding hydrogens is 312 g/mol. The van der Waals surface area contributed by atoms with Crippen LogP contribution in [0.25, 0.3) is 0 Å². The number of aliphatic hydroxyl groups excluding tert-OH is 1. The summed E-state index contributed by atoms with van der Waals surface area (Å²) in [5.41, 5.74) is 1.74. The van der Waals surface area contributed by atoms with Gasteiger partial charge in [-0.05, 0) is 37.1 Å². The molecule has 1 aromatic carbocycles. The Labute approximate surface area is 121 Å². The average molecular weight is 331 g/mol. The van der Waals surface area contributed by atoms with Crippen LogP contribution in [0.15, 0.2) is 22.7 Å². The van der Waals surface area contributed by atoms with Crippen molar-refractivity contribution >= 4 is 27.6 Å². The first kappa shape index (κ1) is 15.9. The van der Waals surface area contributed by atoms with Gasteiger partial charge >= 0.3 is 6.03 Å². The van der Waals surface area contributed by atoms with E-state index in [0.717, 1.165) is 15.7 Å². The van der Waals surface area contributed by atoms with Crippen molar-refractivity contribution in [3.8, 4) is 0 Å². The second-order valence-corrected chi connectivity index (χ2v) is 5.15. The SMILES string of the molecule is COCC(O)CCNC(=O)Nc1ccc(Br)cc1C. The minimum absolute atomic E-state index is 0.273. The van der Waals surface area contributed by atoms with Crippen LogP contribution in [0.3, 0.4) is 0 Å². The maximum absolute atomic E-state index is 11.6. The van der Waals surface area contributed by atoms with Gasteiger partial charge in [-0.1, -0.05) is 15.9 Å². The van der Waals surface area contributed by atoms with E-state index in [1.807, 2.05) is 25.1 Å². The van der Waals surface area contributed by atoms with E-state index in [-0.39, 0.29) is 12.6 Å². The standard InChI is InChI=1S/C13H19BrN2O3/c1-9-7-10(14)3-4-12(9)16-13(18)15-6-5-11(17)8-19-2/h3-4,7,11,17H,5-6,8H2,1-2H3,(H2,15,16,18). The number of carbonyl (C=O) groups is 1. The monoisotopic (exact) mass is 330 g/mol. The molecule has 106 valence electrons. The predicted molar refractivity (Wildman–Crippen MR) is 78.4 cm³/mol. The molecule has 0 bridgehead atoms. The molecule has 0 aliphatic carbocycles. The third kappa shape index (κ3) is 6.04. The van der Waals surface area contributed by atoms with Crippen molar-refractivity contribution in [3.05, 3.63) is 28.2 Å². The Morgan fingerprint density at radius 3 is 2.89 bits per heavy atom. The quantitative estimate of drug-likeness (QED) is 0.749. The van der Waals surface area contributed by atoms with Gasteiger partial charge in [0.1, 0.15) is 0 Å². The van der Waals surface area contributed by atoms with Crippen molar-refractivity contribution in [3.63, 3.8) is 0 Å². The third-order valence-corrected chi connectivity index (χ3v) is 3.05. The molecule has 0 aliphatic rings. The molecule has 0 saturated carbocycles. The smallest absolute Gasteiger partial charge is 0.319 e. The highest BCUT2D eigenvalue weighted by atomic mass is 79.9. The molecule has 0 radical (unpaired) electrons. The number of aliphatic hydroxyl groups is 1. The van der Waals surface area contributed by atoms with Crippen LogP contribution in [0.4, 0.5) is 10.5 Å². The maximum atomic E-state index is 11.6. The van der Waals surface area contributed by atoms with E-state index in [4.69, 9.17) is 4.74 Å². The molecule has 1 atom stereocenters. The minimum atomic E-state index is -0.556. The summed E-state index contributed by atoms with van der Waals surface area (Å²) in [5.74, 6) is 0. The summed E-state index contributed by atoms with van der Waals surface area (Å²) in [5, 5.41) is 14.9. The lowest BCUT2D eigenvalue weighted by Gasteiger charge is -2.12. The van der Waals surface area contributed by atoms with Crippen LogP contribution >= 0.6 is 15.9 Å². The van der Waals surface area contributed by atoms with Crippen molar-refractivity contribution in [2.24, 2.45) is 0 Å². The number of carbonyl (C=O) groups excluding carboxylic acids is 1. The summed E-state index contributed by atoms with van der Waals surface area (Å²) < 4.78 is 5.77. The van der Waals surface area contributed by atoms with Crippen LogP contribution in [0.1, 0.15) is 12.0 Å².